The van der Waals surface area contributed by atoms with Crippen molar-refractivity contribution in [3.05, 3.63) is 120 Å². The molecule has 1 aliphatic heterocycles. The fourth-order valence-corrected chi connectivity index (χ4v) is 6.61. The summed E-state index contributed by atoms with van der Waals surface area (Å²) in [5, 5.41) is 2.84. The zero-order valence-electron chi connectivity index (χ0n) is 25.7. The smallest absolute Gasteiger partial charge is 0.264 e. The predicted molar refractivity (Wildman–Crippen MR) is 173 cm³/mol. The largest absolute Gasteiger partial charge is 0.486 e. The van der Waals surface area contributed by atoms with Gasteiger partial charge in [-0.15, -0.1) is 0 Å². The molecular formula is C35H36FN3O6S. The van der Waals surface area contributed by atoms with Crippen molar-refractivity contribution in [1.29, 1.82) is 0 Å². The second kappa shape index (κ2) is 14.5. The SMILES string of the molecule is CCNC(=O)[C@@H](Cc1ccccc1)N(Cc1ccc(C)cc1)C(=O)CN(c1ccc(F)cc1)S(=O)(=O)c1ccc2c(c1)OCCO2. The van der Waals surface area contributed by atoms with E-state index in [0.29, 0.717) is 18.9 Å². The number of benzene rings is 4. The van der Waals surface area contributed by atoms with Gasteiger partial charge in [-0.25, -0.2) is 12.8 Å². The van der Waals surface area contributed by atoms with Crippen LogP contribution < -0.4 is 19.1 Å². The van der Waals surface area contributed by atoms with Crippen molar-refractivity contribution in [3.8, 4) is 11.5 Å². The molecule has 0 bridgehead atoms. The van der Waals surface area contributed by atoms with Crippen LogP contribution in [0.3, 0.4) is 0 Å². The molecule has 0 aromatic heterocycles. The van der Waals surface area contributed by atoms with Gasteiger partial charge in [-0.1, -0.05) is 60.2 Å². The molecule has 1 heterocycles. The van der Waals surface area contributed by atoms with Gasteiger partial charge < -0.3 is 19.7 Å². The van der Waals surface area contributed by atoms with E-state index in [1.54, 1.807) is 6.92 Å². The van der Waals surface area contributed by atoms with Gasteiger partial charge in [-0.3, -0.25) is 13.9 Å². The Balaban J connectivity index is 1.56. The quantitative estimate of drug-likeness (QED) is 0.236. The normalized spacial score (nSPS) is 13.0. The van der Waals surface area contributed by atoms with Crippen molar-refractivity contribution in [2.24, 2.45) is 0 Å². The molecule has 0 saturated carbocycles. The Labute approximate surface area is 268 Å². The second-order valence-electron chi connectivity index (χ2n) is 10.9. The number of halogens is 1. The van der Waals surface area contributed by atoms with Crippen LogP contribution in [0.25, 0.3) is 0 Å². The number of aryl methyl sites for hydroxylation is 1. The molecule has 4 aromatic carbocycles. The lowest BCUT2D eigenvalue weighted by atomic mass is 10.0. The monoisotopic (exact) mass is 645 g/mol. The van der Waals surface area contributed by atoms with Gasteiger partial charge in [0.2, 0.25) is 11.8 Å². The van der Waals surface area contributed by atoms with E-state index in [1.165, 1.54) is 35.2 Å². The summed E-state index contributed by atoms with van der Waals surface area (Å²) in [7, 11) is -4.40. The maximum atomic E-state index is 14.4. The summed E-state index contributed by atoms with van der Waals surface area (Å²) in [6.45, 7) is 4.07. The third kappa shape index (κ3) is 7.66. The number of likely N-dealkylation sites (N-methyl/N-ethyl adjacent to an activating group) is 1. The van der Waals surface area contributed by atoms with Crippen LogP contribution in [0.2, 0.25) is 0 Å². The standard InChI is InChI=1S/C35H36FN3O6S/c1-3-37-35(41)31(21-26-7-5-4-6-8-26)38(23-27-11-9-25(2)10-12-27)34(40)24-39(29-15-13-28(36)14-16-29)46(42,43)30-17-18-32-33(22-30)45-20-19-44-32/h4-18,22,31H,3,19-21,23-24H2,1-2H3,(H,37,41)/t31-/m1/s1. The highest BCUT2D eigenvalue weighted by Gasteiger charge is 2.35. The summed E-state index contributed by atoms with van der Waals surface area (Å²) in [4.78, 5) is 29.3. The first-order valence-electron chi connectivity index (χ1n) is 15.0. The molecular weight excluding hydrogens is 609 g/mol. The average Bonchev–Trinajstić information content (AvgIpc) is 3.06. The lowest BCUT2D eigenvalue weighted by molar-refractivity contribution is -0.140. The van der Waals surface area contributed by atoms with Crippen LogP contribution in [-0.4, -0.2) is 57.5 Å². The molecule has 2 amide bonds. The predicted octanol–water partition coefficient (Wildman–Crippen LogP) is 4.88. The maximum Gasteiger partial charge on any atom is 0.264 e. The molecule has 9 nitrogen and oxygen atoms in total. The fourth-order valence-electron chi connectivity index (χ4n) is 5.18. The number of amides is 2. The molecule has 46 heavy (non-hydrogen) atoms. The first kappa shape index (κ1) is 32.5. The van der Waals surface area contributed by atoms with Gasteiger partial charge in [0, 0.05) is 25.6 Å². The van der Waals surface area contributed by atoms with E-state index < -0.39 is 34.3 Å². The van der Waals surface area contributed by atoms with Gasteiger partial charge in [-0.05, 0) is 61.4 Å². The first-order chi connectivity index (χ1) is 22.2. The lowest BCUT2D eigenvalue weighted by Gasteiger charge is -2.34. The van der Waals surface area contributed by atoms with E-state index in [9.17, 15) is 22.4 Å². The van der Waals surface area contributed by atoms with Crippen LogP contribution in [0.4, 0.5) is 10.1 Å². The third-order valence-electron chi connectivity index (χ3n) is 7.59. The van der Waals surface area contributed by atoms with E-state index in [0.717, 1.165) is 33.1 Å². The molecule has 1 atom stereocenters. The minimum atomic E-state index is -4.40. The second-order valence-corrected chi connectivity index (χ2v) is 12.8. The molecule has 0 fully saturated rings. The number of rotatable bonds is 12. The maximum absolute atomic E-state index is 14.4. The first-order valence-corrected chi connectivity index (χ1v) is 16.4. The Morgan fingerprint density at radius 1 is 0.870 bits per heavy atom. The zero-order chi connectivity index (χ0) is 32.7. The topological polar surface area (TPSA) is 105 Å². The summed E-state index contributed by atoms with van der Waals surface area (Å²) >= 11 is 0. The highest BCUT2D eigenvalue weighted by Crippen LogP contribution is 2.34. The summed E-state index contributed by atoms with van der Waals surface area (Å²) in [6, 6.07) is 25.0. The molecule has 1 aliphatic rings. The van der Waals surface area contributed by atoms with E-state index >= 15 is 0 Å². The zero-order valence-corrected chi connectivity index (χ0v) is 26.5. The number of carbonyl (C=O) groups excluding carboxylic acids is 2. The molecule has 0 aliphatic carbocycles. The van der Waals surface area contributed by atoms with Crippen LogP contribution in [0.1, 0.15) is 23.6 Å². The summed E-state index contributed by atoms with van der Waals surface area (Å²) < 4.78 is 54.6. The van der Waals surface area contributed by atoms with Crippen LogP contribution in [-0.2, 0) is 32.6 Å². The Kier molecular flexibility index (Phi) is 10.2. The molecule has 0 unspecified atom stereocenters. The molecule has 0 spiro atoms. The molecule has 1 N–H and O–H groups in total. The lowest BCUT2D eigenvalue weighted by Crippen LogP contribution is -2.53. The fraction of sp³-hybridized carbons (Fsp3) is 0.257. The number of nitrogens with zero attached hydrogens (tertiary/aromatic N) is 2. The number of hydrogen-bond acceptors (Lipinski definition) is 6. The van der Waals surface area contributed by atoms with E-state index in [4.69, 9.17) is 9.47 Å². The van der Waals surface area contributed by atoms with Gasteiger partial charge in [-0.2, -0.15) is 0 Å². The Hall–Kier alpha value is -4.90. The van der Waals surface area contributed by atoms with Crippen molar-refractivity contribution in [3.63, 3.8) is 0 Å². The molecule has 5 rings (SSSR count). The van der Waals surface area contributed by atoms with Gasteiger partial charge in [0.1, 0.15) is 31.6 Å². The number of sulfonamides is 1. The van der Waals surface area contributed by atoms with Gasteiger partial charge in [0.15, 0.2) is 11.5 Å². The molecule has 0 radical (unpaired) electrons. The Bertz CT molecular complexity index is 1770. The van der Waals surface area contributed by atoms with Crippen LogP contribution in [0, 0.1) is 12.7 Å². The van der Waals surface area contributed by atoms with E-state index in [1.807, 2.05) is 61.5 Å². The number of fused-ring (bicyclic) bond motifs is 1. The number of carbonyl (C=O) groups is 2. The molecule has 11 heteroatoms. The number of hydrogen-bond donors (Lipinski definition) is 1. The molecule has 240 valence electrons. The van der Waals surface area contributed by atoms with Crippen molar-refractivity contribution in [2.75, 3.05) is 30.6 Å². The van der Waals surface area contributed by atoms with Crippen molar-refractivity contribution in [2.45, 2.75) is 37.8 Å². The van der Waals surface area contributed by atoms with Crippen LogP contribution >= 0.6 is 0 Å². The van der Waals surface area contributed by atoms with Gasteiger partial charge in [0.25, 0.3) is 10.0 Å². The van der Waals surface area contributed by atoms with Crippen LogP contribution in [0.5, 0.6) is 11.5 Å². The van der Waals surface area contributed by atoms with E-state index in [2.05, 4.69) is 5.32 Å². The average molecular weight is 646 g/mol. The summed E-state index contributed by atoms with van der Waals surface area (Å²) in [6.07, 6.45) is 0.204. The van der Waals surface area contributed by atoms with Crippen molar-refractivity contribution < 1.29 is 31.9 Å². The minimum Gasteiger partial charge on any atom is -0.486 e. The van der Waals surface area contributed by atoms with Gasteiger partial charge in [0.05, 0.1) is 10.6 Å². The summed E-state index contributed by atoms with van der Waals surface area (Å²) in [5.41, 5.74) is 2.71. The van der Waals surface area contributed by atoms with Crippen molar-refractivity contribution >= 4 is 27.5 Å². The minimum absolute atomic E-state index is 0.0507. The van der Waals surface area contributed by atoms with E-state index in [-0.39, 0.29) is 41.8 Å². The highest BCUT2D eigenvalue weighted by atomic mass is 32.2. The highest BCUT2D eigenvalue weighted by molar-refractivity contribution is 7.92. The third-order valence-corrected chi connectivity index (χ3v) is 9.36. The number of nitrogens with one attached hydrogen (secondary N) is 1. The summed E-state index contributed by atoms with van der Waals surface area (Å²) in [5.74, 6) is -0.873. The molecule has 4 aromatic rings. The van der Waals surface area contributed by atoms with Gasteiger partial charge >= 0.3 is 0 Å². The van der Waals surface area contributed by atoms with Crippen LogP contribution in [0.15, 0.2) is 102 Å². The number of anilines is 1. The Morgan fingerprint density at radius 3 is 2.22 bits per heavy atom. The molecule has 0 saturated heterocycles. The Morgan fingerprint density at radius 2 is 1.54 bits per heavy atom. The van der Waals surface area contributed by atoms with Crippen molar-refractivity contribution in [1.82, 2.24) is 10.2 Å². The number of ether oxygens (including phenoxy) is 2.